The lowest BCUT2D eigenvalue weighted by molar-refractivity contribution is 0.0929. The molecule has 0 amide bonds. The van der Waals surface area contributed by atoms with Crippen LogP contribution >= 0.6 is 11.3 Å². The van der Waals surface area contributed by atoms with Crippen LogP contribution in [0.4, 0.5) is 5.82 Å². The van der Waals surface area contributed by atoms with E-state index in [0.717, 1.165) is 37.6 Å². The normalized spacial score (nSPS) is 19.9. The second-order valence-corrected chi connectivity index (χ2v) is 6.23. The number of nitrogens with one attached hydrogen (secondary N) is 1. The zero-order chi connectivity index (χ0) is 13.9. The molecule has 0 aliphatic carbocycles. The number of morpholine rings is 1. The lowest BCUT2D eigenvalue weighted by Gasteiger charge is -2.37. The molecule has 1 aliphatic rings. The largest absolute Gasteiger partial charge is 0.377 e. The second-order valence-electron chi connectivity index (χ2n) is 5.32. The smallest absolute Gasteiger partial charge is 0.150 e. The molecule has 2 aromatic rings. The molecule has 0 saturated carbocycles. The van der Waals surface area contributed by atoms with Crippen LogP contribution in [-0.4, -0.2) is 48.4 Å². The fourth-order valence-electron chi connectivity index (χ4n) is 2.45. The monoisotopic (exact) mass is 292 g/mol. The average Bonchev–Trinajstić information content (AvgIpc) is 2.93. The van der Waals surface area contributed by atoms with E-state index in [1.807, 2.05) is 6.07 Å². The molecular formula is C14H20N4OS. The number of hydrogen-bond donors (Lipinski definition) is 1. The summed E-state index contributed by atoms with van der Waals surface area (Å²) < 4.78 is 6.81. The SMILES string of the molecule is CC(C)NCC1COCCN1c1ncnc2ccsc12. The van der Waals surface area contributed by atoms with Gasteiger partial charge in [-0.3, -0.25) is 0 Å². The Morgan fingerprint density at radius 3 is 3.25 bits per heavy atom. The lowest BCUT2D eigenvalue weighted by atomic mass is 10.2. The first-order valence-electron chi connectivity index (χ1n) is 7.01. The molecule has 5 nitrogen and oxygen atoms in total. The summed E-state index contributed by atoms with van der Waals surface area (Å²) in [6, 6.07) is 2.85. The predicted octanol–water partition coefficient (Wildman–Crippen LogP) is 1.89. The number of aromatic nitrogens is 2. The molecule has 0 bridgehead atoms. The molecule has 2 aromatic heterocycles. The molecule has 3 rings (SSSR count). The van der Waals surface area contributed by atoms with E-state index in [2.05, 4.69) is 39.4 Å². The highest BCUT2D eigenvalue weighted by Crippen LogP contribution is 2.29. The average molecular weight is 292 g/mol. The Kier molecular flexibility index (Phi) is 4.14. The van der Waals surface area contributed by atoms with Crippen LogP contribution in [0.2, 0.25) is 0 Å². The molecular weight excluding hydrogens is 272 g/mol. The molecule has 1 fully saturated rings. The Morgan fingerprint density at radius 1 is 1.50 bits per heavy atom. The maximum Gasteiger partial charge on any atom is 0.150 e. The molecule has 0 spiro atoms. The maximum atomic E-state index is 5.64. The molecule has 1 N–H and O–H groups in total. The van der Waals surface area contributed by atoms with E-state index in [1.165, 1.54) is 4.70 Å². The third-order valence-electron chi connectivity index (χ3n) is 3.49. The standard InChI is InChI=1S/C14H20N4OS/c1-10(2)15-7-11-8-19-5-4-18(11)14-13-12(3-6-20-13)16-9-17-14/h3,6,9-11,15H,4-5,7-8H2,1-2H3. The minimum Gasteiger partial charge on any atom is -0.377 e. The summed E-state index contributed by atoms with van der Waals surface area (Å²) in [5.41, 5.74) is 1.03. The molecule has 108 valence electrons. The Labute approximate surface area is 123 Å². The van der Waals surface area contributed by atoms with Crippen molar-refractivity contribution in [3.63, 3.8) is 0 Å². The van der Waals surface area contributed by atoms with Crippen LogP contribution in [0.15, 0.2) is 17.8 Å². The van der Waals surface area contributed by atoms with Crippen LogP contribution in [0.5, 0.6) is 0 Å². The van der Waals surface area contributed by atoms with Crippen molar-refractivity contribution in [2.24, 2.45) is 0 Å². The zero-order valence-electron chi connectivity index (χ0n) is 11.9. The van der Waals surface area contributed by atoms with Crippen LogP contribution in [0.25, 0.3) is 10.2 Å². The Bertz CT molecular complexity index is 571. The number of fused-ring (bicyclic) bond motifs is 1. The molecule has 6 heteroatoms. The molecule has 20 heavy (non-hydrogen) atoms. The summed E-state index contributed by atoms with van der Waals surface area (Å²) in [6.45, 7) is 7.63. The van der Waals surface area contributed by atoms with E-state index >= 15 is 0 Å². The predicted molar refractivity (Wildman–Crippen MR) is 82.5 cm³/mol. The van der Waals surface area contributed by atoms with Crippen LogP contribution in [0.3, 0.4) is 0 Å². The van der Waals surface area contributed by atoms with Gasteiger partial charge in [-0.15, -0.1) is 11.3 Å². The van der Waals surface area contributed by atoms with Crippen molar-refractivity contribution in [2.45, 2.75) is 25.9 Å². The highest BCUT2D eigenvalue weighted by Gasteiger charge is 2.26. The van der Waals surface area contributed by atoms with E-state index in [1.54, 1.807) is 17.7 Å². The van der Waals surface area contributed by atoms with E-state index < -0.39 is 0 Å². The van der Waals surface area contributed by atoms with Crippen molar-refractivity contribution in [1.29, 1.82) is 0 Å². The van der Waals surface area contributed by atoms with Crippen molar-refractivity contribution in [2.75, 3.05) is 31.2 Å². The van der Waals surface area contributed by atoms with Crippen LogP contribution < -0.4 is 10.2 Å². The fraction of sp³-hybridized carbons (Fsp3) is 0.571. The minimum atomic E-state index is 0.325. The number of anilines is 1. The van der Waals surface area contributed by atoms with Gasteiger partial charge in [-0.05, 0) is 11.4 Å². The van der Waals surface area contributed by atoms with Crippen molar-refractivity contribution in [1.82, 2.24) is 15.3 Å². The lowest BCUT2D eigenvalue weighted by Crippen LogP contribution is -2.51. The zero-order valence-corrected chi connectivity index (χ0v) is 12.7. The number of ether oxygens (including phenoxy) is 1. The Morgan fingerprint density at radius 2 is 2.40 bits per heavy atom. The summed E-state index contributed by atoms with van der Waals surface area (Å²) >= 11 is 1.71. The third kappa shape index (κ3) is 2.77. The van der Waals surface area contributed by atoms with Gasteiger partial charge in [0, 0.05) is 19.1 Å². The van der Waals surface area contributed by atoms with Crippen molar-refractivity contribution >= 4 is 27.4 Å². The van der Waals surface area contributed by atoms with E-state index in [4.69, 9.17) is 4.74 Å². The van der Waals surface area contributed by atoms with Crippen LogP contribution in [-0.2, 0) is 4.74 Å². The van der Waals surface area contributed by atoms with E-state index in [-0.39, 0.29) is 0 Å². The second kappa shape index (κ2) is 6.03. The Hall–Kier alpha value is -1.24. The first kappa shape index (κ1) is 13.7. The molecule has 0 aromatic carbocycles. The molecule has 0 radical (unpaired) electrons. The van der Waals surface area contributed by atoms with Crippen molar-refractivity contribution in [3.05, 3.63) is 17.8 Å². The van der Waals surface area contributed by atoms with Gasteiger partial charge < -0.3 is 15.0 Å². The quantitative estimate of drug-likeness (QED) is 0.932. The van der Waals surface area contributed by atoms with Gasteiger partial charge in [0.2, 0.25) is 0 Å². The van der Waals surface area contributed by atoms with Gasteiger partial charge in [0.15, 0.2) is 0 Å². The van der Waals surface area contributed by atoms with E-state index in [0.29, 0.717) is 12.1 Å². The van der Waals surface area contributed by atoms with Gasteiger partial charge in [0.1, 0.15) is 12.1 Å². The minimum absolute atomic E-state index is 0.325. The molecule has 3 heterocycles. The Balaban J connectivity index is 1.87. The molecule has 1 unspecified atom stereocenters. The van der Waals surface area contributed by atoms with Crippen LogP contribution in [0.1, 0.15) is 13.8 Å². The molecule has 1 aliphatic heterocycles. The van der Waals surface area contributed by atoms with Gasteiger partial charge in [-0.1, -0.05) is 13.8 Å². The highest BCUT2D eigenvalue weighted by atomic mass is 32.1. The maximum absolute atomic E-state index is 5.64. The first-order valence-corrected chi connectivity index (χ1v) is 7.89. The summed E-state index contributed by atoms with van der Waals surface area (Å²) in [5.74, 6) is 1.05. The fourth-order valence-corrected chi connectivity index (χ4v) is 3.30. The topological polar surface area (TPSA) is 50.3 Å². The highest BCUT2D eigenvalue weighted by molar-refractivity contribution is 7.17. The van der Waals surface area contributed by atoms with Crippen molar-refractivity contribution < 1.29 is 4.74 Å². The van der Waals surface area contributed by atoms with Gasteiger partial charge in [-0.25, -0.2) is 9.97 Å². The molecule has 1 atom stereocenters. The summed E-state index contributed by atoms with van der Waals surface area (Å²) in [5, 5.41) is 5.57. The molecule has 1 saturated heterocycles. The van der Waals surface area contributed by atoms with Crippen LogP contribution in [0, 0.1) is 0 Å². The van der Waals surface area contributed by atoms with E-state index in [9.17, 15) is 0 Å². The van der Waals surface area contributed by atoms with Gasteiger partial charge >= 0.3 is 0 Å². The van der Waals surface area contributed by atoms with Gasteiger partial charge in [0.05, 0.1) is 29.5 Å². The summed E-state index contributed by atoms with van der Waals surface area (Å²) in [4.78, 5) is 11.2. The number of hydrogen-bond acceptors (Lipinski definition) is 6. The number of rotatable bonds is 4. The van der Waals surface area contributed by atoms with Gasteiger partial charge in [0.25, 0.3) is 0 Å². The summed E-state index contributed by atoms with van der Waals surface area (Å²) in [7, 11) is 0. The third-order valence-corrected chi connectivity index (χ3v) is 4.39. The van der Waals surface area contributed by atoms with Crippen molar-refractivity contribution in [3.8, 4) is 0 Å². The van der Waals surface area contributed by atoms with Gasteiger partial charge in [-0.2, -0.15) is 0 Å². The number of nitrogens with zero attached hydrogens (tertiary/aromatic N) is 3. The summed E-state index contributed by atoms with van der Waals surface area (Å²) in [6.07, 6.45) is 1.66. The number of thiophene rings is 1. The first-order chi connectivity index (χ1) is 9.75.